The number of benzene rings is 1. The number of aromatic nitrogens is 5. The van der Waals surface area contributed by atoms with E-state index in [9.17, 15) is 13.2 Å². The molecule has 1 N–H and O–H groups in total. The van der Waals surface area contributed by atoms with Crippen LogP contribution in [0.1, 0.15) is 35.5 Å². The predicted molar refractivity (Wildman–Crippen MR) is 135 cm³/mol. The lowest BCUT2D eigenvalue weighted by atomic mass is 10.0. The number of imidazole rings is 1. The molecule has 6 nitrogen and oxygen atoms in total. The van der Waals surface area contributed by atoms with Gasteiger partial charge in [0, 0.05) is 35.1 Å². The van der Waals surface area contributed by atoms with E-state index in [1.165, 1.54) is 4.40 Å². The highest BCUT2D eigenvalue weighted by atomic mass is 35.5. The van der Waals surface area contributed by atoms with Crippen LogP contribution in [0.15, 0.2) is 61.6 Å². The van der Waals surface area contributed by atoms with Crippen LogP contribution < -0.4 is 5.32 Å². The Balaban J connectivity index is 1.76. The van der Waals surface area contributed by atoms with Crippen LogP contribution in [-0.4, -0.2) is 24.3 Å². The van der Waals surface area contributed by atoms with E-state index >= 15 is 0 Å². The molecule has 0 radical (unpaired) electrons. The van der Waals surface area contributed by atoms with Gasteiger partial charge in [-0.1, -0.05) is 24.2 Å². The van der Waals surface area contributed by atoms with Crippen molar-refractivity contribution in [1.82, 2.24) is 24.3 Å². The number of halogens is 4. The molecule has 0 fully saturated rings. The number of nitrogens with one attached hydrogen (secondary N) is 1. The van der Waals surface area contributed by atoms with Crippen LogP contribution in [0.25, 0.3) is 34.0 Å². The summed E-state index contributed by atoms with van der Waals surface area (Å²) in [6.45, 7) is 7.62. The summed E-state index contributed by atoms with van der Waals surface area (Å²) in [7, 11) is 0. The first kappa shape index (κ1) is 23.7. The SMILES string of the molecule is C=Cc1nc(Cl)ccc1NC(C)c1cc(C)cc2c1nc(-c1cccnc1)n1cc(C(F)(F)F)nc21. The zero-order valence-corrected chi connectivity index (χ0v) is 20.1. The van der Waals surface area contributed by atoms with Crippen LogP contribution in [0.5, 0.6) is 0 Å². The van der Waals surface area contributed by atoms with Gasteiger partial charge in [0.2, 0.25) is 0 Å². The van der Waals surface area contributed by atoms with E-state index in [1.807, 2.05) is 19.9 Å². The summed E-state index contributed by atoms with van der Waals surface area (Å²) >= 11 is 6.02. The number of alkyl halides is 3. The molecule has 4 heterocycles. The molecule has 0 saturated carbocycles. The first-order valence-electron chi connectivity index (χ1n) is 11.0. The average molecular weight is 509 g/mol. The standard InChI is InChI=1S/C26H20ClF3N6/c1-4-19-20(7-8-22(27)33-19)32-15(3)17-10-14(2)11-18-23(17)35-24(16-6-5-9-31-12-16)36-13-21(26(28,29)30)34-25(18)36/h4-13,15,32H,1H2,2-3H3. The zero-order chi connectivity index (χ0) is 25.6. The van der Waals surface area contributed by atoms with Gasteiger partial charge in [0.1, 0.15) is 16.6 Å². The summed E-state index contributed by atoms with van der Waals surface area (Å²) in [4.78, 5) is 17.2. The molecular formula is C26H20ClF3N6. The topological polar surface area (TPSA) is 68.0 Å². The van der Waals surface area contributed by atoms with Crippen LogP contribution in [0.2, 0.25) is 5.15 Å². The monoisotopic (exact) mass is 508 g/mol. The van der Waals surface area contributed by atoms with E-state index in [1.54, 1.807) is 48.8 Å². The fourth-order valence-electron chi connectivity index (χ4n) is 4.20. The van der Waals surface area contributed by atoms with E-state index in [0.29, 0.717) is 38.8 Å². The molecule has 1 aromatic carbocycles. The first-order valence-corrected chi connectivity index (χ1v) is 11.4. The lowest BCUT2D eigenvalue weighted by Gasteiger charge is -2.20. The Morgan fingerprint density at radius 1 is 1.14 bits per heavy atom. The summed E-state index contributed by atoms with van der Waals surface area (Å²) < 4.78 is 42.3. The van der Waals surface area contributed by atoms with Crippen molar-refractivity contribution in [1.29, 1.82) is 0 Å². The molecule has 10 heteroatoms. The number of pyridine rings is 2. The number of anilines is 1. The number of hydrogen-bond donors (Lipinski definition) is 1. The van der Waals surface area contributed by atoms with Crippen LogP contribution in [0, 0.1) is 6.92 Å². The number of hydrogen-bond acceptors (Lipinski definition) is 5. The molecule has 5 rings (SSSR count). The van der Waals surface area contributed by atoms with Crippen LogP contribution in [0.3, 0.4) is 0 Å². The van der Waals surface area contributed by atoms with E-state index in [2.05, 4.69) is 26.8 Å². The van der Waals surface area contributed by atoms with E-state index in [0.717, 1.165) is 17.3 Å². The molecule has 1 unspecified atom stereocenters. The fourth-order valence-corrected chi connectivity index (χ4v) is 4.35. The smallest absolute Gasteiger partial charge is 0.377 e. The van der Waals surface area contributed by atoms with Gasteiger partial charge in [-0.05, 0) is 55.8 Å². The van der Waals surface area contributed by atoms with Crippen molar-refractivity contribution >= 4 is 39.9 Å². The summed E-state index contributed by atoms with van der Waals surface area (Å²) in [5, 5.41) is 4.26. The molecule has 0 bridgehead atoms. The molecule has 0 saturated heterocycles. The summed E-state index contributed by atoms with van der Waals surface area (Å²) in [6.07, 6.45) is 1.13. The summed E-state index contributed by atoms with van der Waals surface area (Å²) in [5.74, 6) is 0.311. The van der Waals surface area contributed by atoms with Crippen molar-refractivity contribution in [2.45, 2.75) is 26.1 Å². The van der Waals surface area contributed by atoms with Gasteiger partial charge >= 0.3 is 6.18 Å². The van der Waals surface area contributed by atoms with Crippen molar-refractivity contribution in [3.8, 4) is 11.4 Å². The Hall–Kier alpha value is -3.98. The van der Waals surface area contributed by atoms with Crippen LogP contribution >= 0.6 is 11.6 Å². The second kappa shape index (κ2) is 8.91. The van der Waals surface area contributed by atoms with E-state index < -0.39 is 11.9 Å². The zero-order valence-electron chi connectivity index (χ0n) is 19.3. The number of nitrogens with zero attached hydrogens (tertiary/aromatic N) is 5. The molecule has 0 aliphatic heterocycles. The van der Waals surface area contributed by atoms with Crippen molar-refractivity contribution in [2.75, 3.05) is 5.32 Å². The minimum atomic E-state index is -4.60. The Morgan fingerprint density at radius 3 is 2.64 bits per heavy atom. The molecule has 1 atom stereocenters. The Morgan fingerprint density at radius 2 is 1.94 bits per heavy atom. The molecule has 0 aliphatic carbocycles. The highest BCUT2D eigenvalue weighted by Crippen LogP contribution is 2.35. The van der Waals surface area contributed by atoms with Crippen molar-refractivity contribution in [2.24, 2.45) is 0 Å². The third-order valence-electron chi connectivity index (χ3n) is 5.81. The van der Waals surface area contributed by atoms with Crippen LogP contribution in [0.4, 0.5) is 18.9 Å². The normalized spacial score (nSPS) is 12.7. The highest BCUT2D eigenvalue weighted by molar-refractivity contribution is 6.29. The number of rotatable bonds is 5. The molecule has 0 amide bonds. The van der Waals surface area contributed by atoms with Gasteiger partial charge in [-0.25, -0.2) is 15.0 Å². The Bertz CT molecular complexity index is 1610. The largest absolute Gasteiger partial charge is 0.434 e. The maximum absolute atomic E-state index is 13.6. The minimum absolute atomic E-state index is 0.170. The molecule has 4 aromatic heterocycles. The van der Waals surface area contributed by atoms with Crippen molar-refractivity contribution in [3.05, 3.63) is 89.2 Å². The van der Waals surface area contributed by atoms with Crippen LogP contribution in [-0.2, 0) is 6.18 Å². The predicted octanol–water partition coefficient (Wildman–Crippen LogP) is 7.14. The van der Waals surface area contributed by atoms with Gasteiger partial charge in [-0.3, -0.25) is 9.38 Å². The van der Waals surface area contributed by atoms with Gasteiger partial charge in [0.25, 0.3) is 0 Å². The van der Waals surface area contributed by atoms with Gasteiger partial charge < -0.3 is 5.32 Å². The van der Waals surface area contributed by atoms with Gasteiger partial charge in [0.15, 0.2) is 5.69 Å². The molecule has 36 heavy (non-hydrogen) atoms. The number of aryl methyl sites for hydroxylation is 1. The van der Waals surface area contributed by atoms with E-state index in [-0.39, 0.29) is 11.7 Å². The lowest BCUT2D eigenvalue weighted by molar-refractivity contribution is -0.140. The lowest BCUT2D eigenvalue weighted by Crippen LogP contribution is -2.11. The highest BCUT2D eigenvalue weighted by Gasteiger charge is 2.35. The van der Waals surface area contributed by atoms with Gasteiger partial charge in [-0.2, -0.15) is 13.2 Å². The maximum atomic E-state index is 13.6. The van der Waals surface area contributed by atoms with Gasteiger partial charge in [0.05, 0.1) is 22.9 Å². The number of fused-ring (bicyclic) bond motifs is 3. The second-order valence-electron chi connectivity index (χ2n) is 8.38. The molecule has 5 aromatic rings. The third kappa shape index (κ3) is 4.26. The van der Waals surface area contributed by atoms with Crippen molar-refractivity contribution < 1.29 is 13.2 Å². The Labute approximate surface area is 209 Å². The molecule has 0 aliphatic rings. The molecule has 182 valence electrons. The molecular weight excluding hydrogens is 489 g/mol. The second-order valence-corrected chi connectivity index (χ2v) is 8.77. The third-order valence-corrected chi connectivity index (χ3v) is 6.02. The fraction of sp³-hybridized carbons (Fsp3) is 0.154. The maximum Gasteiger partial charge on any atom is 0.434 e. The van der Waals surface area contributed by atoms with E-state index in [4.69, 9.17) is 16.6 Å². The quantitative estimate of drug-likeness (QED) is 0.256. The molecule has 0 spiro atoms. The summed E-state index contributed by atoms with van der Waals surface area (Å²) in [5.41, 5.74) is 3.23. The Kier molecular flexibility index (Phi) is 5.88. The minimum Gasteiger partial charge on any atom is -0.377 e. The van der Waals surface area contributed by atoms with Crippen molar-refractivity contribution in [3.63, 3.8) is 0 Å². The average Bonchev–Trinajstić information content (AvgIpc) is 3.31. The summed E-state index contributed by atoms with van der Waals surface area (Å²) in [6, 6.07) is 10.4. The first-order chi connectivity index (χ1) is 17.2. The van der Waals surface area contributed by atoms with Gasteiger partial charge in [-0.15, -0.1) is 0 Å².